The van der Waals surface area contributed by atoms with E-state index in [1.165, 1.54) is 46.5 Å². The number of guanidine groups is 2. The van der Waals surface area contributed by atoms with Crippen molar-refractivity contribution in [3.63, 3.8) is 0 Å². The summed E-state index contributed by atoms with van der Waals surface area (Å²) >= 11 is 11.6. The number of halogens is 2. The Balaban J connectivity index is 1.37. The lowest BCUT2D eigenvalue weighted by molar-refractivity contribution is -0.486. The van der Waals surface area contributed by atoms with Crippen molar-refractivity contribution in [3.05, 3.63) is 78.3 Å². The summed E-state index contributed by atoms with van der Waals surface area (Å²) < 4.78 is 0. The van der Waals surface area contributed by atoms with Gasteiger partial charge in [-0.05, 0) is 37.1 Å². The van der Waals surface area contributed by atoms with Crippen LogP contribution in [0.3, 0.4) is 0 Å². The van der Waals surface area contributed by atoms with Gasteiger partial charge in [0.1, 0.15) is 20.5 Å². The third kappa shape index (κ3) is 6.76. The van der Waals surface area contributed by atoms with Crippen LogP contribution in [0.4, 0.5) is 0 Å². The molecule has 0 bridgehead atoms. The second-order valence-corrected chi connectivity index (χ2v) is 9.38. The highest BCUT2D eigenvalue weighted by Crippen LogP contribution is 2.18. The molecule has 2 saturated heterocycles. The molecule has 2 aromatic rings. The molecule has 2 fully saturated rings. The Kier molecular flexibility index (Phi) is 9.00. The molecule has 40 heavy (non-hydrogen) atoms. The number of carbonyl (C=O) groups excluding carboxylic acids is 2. The summed E-state index contributed by atoms with van der Waals surface area (Å²) in [5, 5.41) is 27.9. The predicted molar refractivity (Wildman–Crippen MR) is 142 cm³/mol. The molecule has 210 valence electrons. The van der Waals surface area contributed by atoms with E-state index in [1.54, 1.807) is 9.80 Å². The number of amides is 2. The highest BCUT2D eigenvalue weighted by molar-refractivity contribution is 6.29. The van der Waals surface area contributed by atoms with Crippen molar-refractivity contribution in [2.75, 3.05) is 39.3 Å². The smallest absolute Gasteiger partial charge is 0.281 e. The molecule has 2 amide bonds. The maximum absolute atomic E-state index is 12.9. The van der Waals surface area contributed by atoms with Crippen LogP contribution in [0.2, 0.25) is 10.3 Å². The van der Waals surface area contributed by atoms with Crippen LogP contribution >= 0.6 is 23.2 Å². The number of hydrogen-bond donors (Lipinski definition) is 0. The van der Waals surface area contributed by atoms with Crippen molar-refractivity contribution < 1.29 is 19.7 Å². The van der Waals surface area contributed by atoms with Gasteiger partial charge in [0.25, 0.3) is 23.7 Å². The second kappa shape index (κ2) is 12.6. The van der Waals surface area contributed by atoms with Gasteiger partial charge < -0.3 is 9.80 Å². The van der Waals surface area contributed by atoms with Gasteiger partial charge in [-0.1, -0.05) is 23.2 Å². The van der Waals surface area contributed by atoms with Crippen molar-refractivity contribution in [1.29, 1.82) is 0 Å². The van der Waals surface area contributed by atoms with E-state index in [0.29, 0.717) is 39.0 Å². The van der Waals surface area contributed by atoms with Crippen LogP contribution < -0.4 is 0 Å². The minimum atomic E-state index is -0.861. The Hall–Kier alpha value is -4.44. The Bertz CT molecular complexity index is 1250. The maximum Gasteiger partial charge on any atom is 0.281 e. The number of hydrazone groups is 2. The first-order valence-electron chi connectivity index (χ1n) is 12.0. The first kappa shape index (κ1) is 28.6. The molecule has 0 atom stereocenters. The zero-order valence-corrected chi connectivity index (χ0v) is 22.3. The van der Waals surface area contributed by atoms with Crippen LogP contribution in [0.1, 0.15) is 33.6 Å². The molecule has 0 unspecified atom stereocenters. The van der Waals surface area contributed by atoms with Gasteiger partial charge in [-0.25, -0.2) is 30.2 Å². The number of rotatable bonds is 9. The van der Waals surface area contributed by atoms with Crippen LogP contribution in [0.15, 0.2) is 46.9 Å². The van der Waals surface area contributed by atoms with E-state index >= 15 is 0 Å². The third-order valence-electron chi connectivity index (χ3n) is 6.12. The molecule has 0 N–H and O–H groups in total. The Morgan fingerprint density at radius 2 is 1.15 bits per heavy atom. The lowest BCUT2D eigenvalue weighted by Gasteiger charge is -2.21. The molecule has 16 nitrogen and oxygen atoms in total. The minimum absolute atomic E-state index is 0.0879. The fraction of sp³-hybridized carbons (Fsp3) is 0.364. The molecule has 0 saturated carbocycles. The third-order valence-corrected chi connectivity index (χ3v) is 6.57. The fourth-order valence-corrected chi connectivity index (χ4v) is 4.52. The first-order valence-corrected chi connectivity index (χ1v) is 12.7. The predicted octanol–water partition coefficient (Wildman–Crippen LogP) is 1.87. The van der Waals surface area contributed by atoms with E-state index < -0.39 is 21.9 Å². The molecule has 0 aliphatic carbocycles. The topological polar surface area (TPSA) is 184 Å². The fourth-order valence-electron chi connectivity index (χ4n) is 4.29. The summed E-state index contributed by atoms with van der Waals surface area (Å²) in [4.78, 5) is 61.7. The quantitative estimate of drug-likeness (QED) is 0.180. The molecule has 4 rings (SSSR count). The average Bonchev–Trinajstić information content (AvgIpc) is 3.49. The maximum atomic E-state index is 12.9. The van der Waals surface area contributed by atoms with E-state index in [0.717, 1.165) is 0 Å². The zero-order chi connectivity index (χ0) is 28.8. The van der Waals surface area contributed by atoms with E-state index in [2.05, 4.69) is 20.2 Å². The van der Waals surface area contributed by atoms with Crippen LogP contribution in [-0.2, 0) is 0 Å². The molecule has 4 heterocycles. The first-order chi connectivity index (χ1) is 19.1. The van der Waals surface area contributed by atoms with Crippen molar-refractivity contribution in [3.8, 4) is 0 Å². The Morgan fingerprint density at radius 3 is 1.48 bits per heavy atom. The van der Waals surface area contributed by atoms with Crippen molar-refractivity contribution in [2.45, 2.75) is 12.8 Å². The van der Waals surface area contributed by atoms with Crippen LogP contribution in [-0.4, -0.2) is 103 Å². The van der Waals surface area contributed by atoms with E-state index in [-0.39, 0.29) is 46.4 Å². The molecule has 2 aromatic heterocycles. The molecule has 18 heteroatoms. The van der Waals surface area contributed by atoms with E-state index in [9.17, 15) is 29.8 Å². The summed E-state index contributed by atoms with van der Waals surface area (Å²) in [6, 6.07) is 5.84. The monoisotopic (exact) mass is 592 g/mol. The molecule has 2 aliphatic heterocycles. The van der Waals surface area contributed by atoms with Gasteiger partial charge in [0.15, 0.2) is 10.1 Å². The average molecular weight is 593 g/mol. The number of nitro groups is 2. The largest absolute Gasteiger partial charge is 0.335 e. The highest BCUT2D eigenvalue weighted by atomic mass is 35.5. The van der Waals surface area contributed by atoms with Gasteiger partial charge in [-0.15, -0.1) is 0 Å². The number of nitrogens with zero attached hydrogens (tertiary/aromatic N) is 10. The lowest BCUT2D eigenvalue weighted by atomic mass is 10.2. The summed E-state index contributed by atoms with van der Waals surface area (Å²) in [7, 11) is 0. The standard InChI is InChI=1S/C22H22Cl2N10O6/c23-17-5-3-15(13-25-17)19(35)31-11-9-29(21(31)27-33(37)38)7-1-2-8-30-10-12-32(22(30)28-34(39)40)20(36)16-4-6-18(24)26-14-16/h3-6,13-14H,1-2,7-12H2. The van der Waals surface area contributed by atoms with Gasteiger partial charge in [-0.3, -0.25) is 19.4 Å². The number of aromatic nitrogens is 2. The van der Waals surface area contributed by atoms with Crippen molar-refractivity contribution in [1.82, 2.24) is 29.6 Å². The Labute approximate surface area is 236 Å². The lowest BCUT2D eigenvalue weighted by Crippen LogP contribution is -2.39. The van der Waals surface area contributed by atoms with Crippen LogP contribution in [0.25, 0.3) is 0 Å². The van der Waals surface area contributed by atoms with E-state index in [4.69, 9.17) is 23.2 Å². The Morgan fingerprint density at radius 1 is 0.750 bits per heavy atom. The van der Waals surface area contributed by atoms with Crippen LogP contribution in [0, 0.1) is 20.2 Å². The minimum Gasteiger partial charge on any atom is -0.335 e. The number of unbranched alkanes of at least 4 members (excludes halogenated alkanes) is 1. The zero-order valence-electron chi connectivity index (χ0n) is 20.8. The summed E-state index contributed by atoms with van der Waals surface area (Å²) in [5.74, 6) is -1.17. The van der Waals surface area contributed by atoms with Crippen molar-refractivity contribution >= 4 is 46.9 Å². The van der Waals surface area contributed by atoms with Crippen LogP contribution in [0.5, 0.6) is 0 Å². The van der Waals surface area contributed by atoms with Gasteiger partial charge >= 0.3 is 0 Å². The molecule has 0 radical (unpaired) electrons. The number of hydrogen-bond acceptors (Lipinski definition) is 8. The second-order valence-electron chi connectivity index (χ2n) is 8.61. The molecular formula is C22H22Cl2N10O6. The van der Waals surface area contributed by atoms with Gasteiger partial charge in [0.05, 0.1) is 11.1 Å². The normalized spacial score (nSPS) is 17.2. The summed E-state index contributed by atoms with van der Waals surface area (Å²) in [6.07, 6.45) is 3.60. The van der Waals surface area contributed by atoms with Gasteiger partial charge in [-0.2, -0.15) is 0 Å². The molecule has 2 aliphatic rings. The van der Waals surface area contributed by atoms with Crippen molar-refractivity contribution in [2.24, 2.45) is 10.2 Å². The number of carbonyl (C=O) groups is 2. The summed E-state index contributed by atoms with van der Waals surface area (Å²) in [5.41, 5.74) is 0.421. The summed E-state index contributed by atoms with van der Waals surface area (Å²) in [6.45, 7) is 1.71. The molecular weight excluding hydrogens is 571 g/mol. The molecule has 0 spiro atoms. The number of pyridine rings is 2. The van der Waals surface area contributed by atoms with Gasteiger partial charge in [0, 0.05) is 51.7 Å². The van der Waals surface area contributed by atoms with E-state index in [1.807, 2.05) is 0 Å². The SMILES string of the molecule is O=C(c1ccc(Cl)nc1)N1CCN(CCCCN2CCN(C(=O)c3ccc(Cl)nc3)C2=N[N+](=O)[O-])C1=N[N+](=O)[O-]. The highest BCUT2D eigenvalue weighted by Gasteiger charge is 2.36. The molecule has 0 aromatic carbocycles. The van der Waals surface area contributed by atoms with Gasteiger partial charge in [0.2, 0.25) is 0 Å².